The largest absolute Gasteiger partial charge is 0.353 e. The van der Waals surface area contributed by atoms with E-state index in [0.29, 0.717) is 37.4 Å². The van der Waals surface area contributed by atoms with E-state index in [1.54, 1.807) is 31.4 Å². The Labute approximate surface area is 180 Å². The van der Waals surface area contributed by atoms with Gasteiger partial charge in [-0.15, -0.1) is 0 Å². The molecule has 10 heteroatoms. The Bertz CT molecular complexity index is 1170. The SMILES string of the molecule is Cc1ncn(CC(=O)N2CCN(c3cc(-n4cnc(C)c4C)ncn3)CC2)c(=O)c1C. The highest BCUT2D eigenvalue weighted by atomic mass is 16.2. The van der Waals surface area contributed by atoms with Gasteiger partial charge >= 0.3 is 0 Å². The number of anilines is 1. The molecule has 162 valence electrons. The van der Waals surface area contributed by atoms with Gasteiger partial charge in [-0.1, -0.05) is 0 Å². The monoisotopic (exact) mass is 422 g/mol. The number of aromatic nitrogens is 6. The fourth-order valence-electron chi connectivity index (χ4n) is 3.59. The number of hydrogen-bond acceptors (Lipinski definition) is 7. The van der Waals surface area contributed by atoms with Gasteiger partial charge in [-0.25, -0.2) is 19.9 Å². The van der Waals surface area contributed by atoms with Crippen LogP contribution in [0.3, 0.4) is 0 Å². The molecule has 1 fully saturated rings. The van der Waals surface area contributed by atoms with Crippen LogP contribution >= 0.6 is 0 Å². The molecule has 31 heavy (non-hydrogen) atoms. The van der Waals surface area contributed by atoms with Gasteiger partial charge < -0.3 is 9.80 Å². The van der Waals surface area contributed by atoms with Crippen LogP contribution in [0.4, 0.5) is 5.82 Å². The van der Waals surface area contributed by atoms with Crippen molar-refractivity contribution in [2.24, 2.45) is 0 Å². The molecule has 4 rings (SSSR count). The first-order valence-corrected chi connectivity index (χ1v) is 10.2. The number of aryl methyl sites for hydroxylation is 2. The first kappa shape index (κ1) is 20.7. The lowest BCUT2D eigenvalue weighted by Gasteiger charge is -2.35. The minimum absolute atomic E-state index is 0.00384. The lowest BCUT2D eigenvalue weighted by Crippen LogP contribution is -2.50. The number of carbonyl (C=O) groups is 1. The summed E-state index contributed by atoms with van der Waals surface area (Å²) in [5, 5.41) is 0. The predicted octanol–water partition coefficient (Wildman–Crippen LogP) is 0.801. The maximum atomic E-state index is 12.7. The number of hydrogen-bond donors (Lipinski definition) is 0. The molecule has 0 spiro atoms. The molecule has 4 heterocycles. The van der Waals surface area contributed by atoms with Crippen LogP contribution in [0.15, 0.2) is 29.8 Å². The van der Waals surface area contributed by atoms with Crippen LogP contribution in [0, 0.1) is 27.7 Å². The van der Waals surface area contributed by atoms with Crippen molar-refractivity contribution in [1.82, 2.24) is 34.0 Å². The van der Waals surface area contributed by atoms with E-state index >= 15 is 0 Å². The van der Waals surface area contributed by atoms with E-state index in [1.165, 1.54) is 10.9 Å². The molecule has 0 radical (unpaired) electrons. The maximum Gasteiger partial charge on any atom is 0.256 e. The first-order chi connectivity index (χ1) is 14.8. The molecule has 0 aliphatic carbocycles. The summed E-state index contributed by atoms with van der Waals surface area (Å²) in [5.41, 5.74) is 3.09. The first-order valence-electron chi connectivity index (χ1n) is 10.2. The summed E-state index contributed by atoms with van der Waals surface area (Å²) in [4.78, 5) is 46.3. The van der Waals surface area contributed by atoms with Gasteiger partial charge in [-0.05, 0) is 27.7 Å². The summed E-state index contributed by atoms with van der Waals surface area (Å²) in [5.74, 6) is 1.50. The second-order valence-electron chi connectivity index (χ2n) is 7.78. The Morgan fingerprint density at radius 2 is 1.58 bits per heavy atom. The van der Waals surface area contributed by atoms with Crippen molar-refractivity contribution in [1.29, 1.82) is 0 Å². The van der Waals surface area contributed by atoms with E-state index in [4.69, 9.17) is 0 Å². The molecule has 1 aliphatic rings. The third kappa shape index (κ3) is 4.05. The van der Waals surface area contributed by atoms with Crippen molar-refractivity contribution in [2.45, 2.75) is 34.2 Å². The summed E-state index contributed by atoms with van der Waals surface area (Å²) in [6, 6.07) is 1.94. The number of nitrogens with zero attached hydrogens (tertiary/aromatic N) is 8. The molecule has 1 aliphatic heterocycles. The molecule has 1 saturated heterocycles. The normalized spacial score (nSPS) is 14.2. The molecule has 0 bridgehead atoms. The molecule has 0 unspecified atom stereocenters. The van der Waals surface area contributed by atoms with Gasteiger partial charge in [0.25, 0.3) is 5.56 Å². The van der Waals surface area contributed by atoms with E-state index < -0.39 is 0 Å². The van der Waals surface area contributed by atoms with Crippen LogP contribution in [0.1, 0.15) is 22.6 Å². The van der Waals surface area contributed by atoms with Crippen LogP contribution in [-0.4, -0.2) is 66.1 Å². The highest BCUT2D eigenvalue weighted by molar-refractivity contribution is 5.76. The van der Waals surface area contributed by atoms with Gasteiger partial charge in [0.1, 0.15) is 30.8 Å². The average Bonchev–Trinajstić information content (AvgIpc) is 3.12. The highest BCUT2D eigenvalue weighted by Gasteiger charge is 2.23. The molecule has 0 atom stereocenters. The maximum absolute atomic E-state index is 12.7. The Morgan fingerprint density at radius 1 is 0.903 bits per heavy atom. The molecule has 3 aromatic heterocycles. The Hall–Kier alpha value is -3.56. The van der Waals surface area contributed by atoms with E-state index in [1.807, 2.05) is 24.5 Å². The second kappa shape index (κ2) is 8.29. The zero-order valence-electron chi connectivity index (χ0n) is 18.2. The number of rotatable bonds is 4. The van der Waals surface area contributed by atoms with Crippen molar-refractivity contribution >= 4 is 11.7 Å². The minimum atomic E-state index is -0.168. The standard InChI is InChI=1S/C21H26N8O2/c1-14-15(2)24-12-28(21(14)31)10-20(30)27-7-5-26(6-8-27)18-9-19(23-11-22-18)29-13-25-16(3)17(29)4/h9,11-13H,5-8,10H2,1-4H3. The summed E-state index contributed by atoms with van der Waals surface area (Å²) >= 11 is 0. The highest BCUT2D eigenvalue weighted by Crippen LogP contribution is 2.18. The number of imidazole rings is 1. The zero-order valence-corrected chi connectivity index (χ0v) is 18.2. The summed E-state index contributed by atoms with van der Waals surface area (Å²) in [6.07, 6.45) is 4.76. The molecule has 3 aromatic rings. The van der Waals surface area contributed by atoms with Gasteiger partial charge in [0, 0.05) is 49.2 Å². The second-order valence-corrected chi connectivity index (χ2v) is 7.78. The predicted molar refractivity (Wildman–Crippen MR) is 115 cm³/mol. The molecule has 0 saturated carbocycles. The fourth-order valence-corrected chi connectivity index (χ4v) is 3.59. The van der Waals surface area contributed by atoms with Crippen molar-refractivity contribution in [3.8, 4) is 5.82 Å². The average molecular weight is 422 g/mol. The molecular weight excluding hydrogens is 396 g/mol. The van der Waals surface area contributed by atoms with Gasteiger partial charge in [0.05, 0.1) is 12.0 Å². The van der Waals surface area contributed by atoms with Crippen molar-refractivity contribution in [2.75, 3.05) is 31.1 Å². The summed E-state index contributed by atoms with van der Waals surface area (Å²) < 4.78 is 3.32. The summed E-state index contributed by atoms with van der Waals surface area (Å²) in [6.45, 7) is 9.93. The summed E-state index contributed by atoms with van der Waals surface area (Å²) in [7, 11) is 0. The third-order valence-electron chi connectivity index (χ3n) is 5.91. The lowest BCUT2D eigenvalue weighted by molar-refractivity contribution is -0.132. The van der Waals surface area contributed by atoms with E-state index in [9.17, 15) is 9.59 Å². The Morgan fingerprint density at radius 3 is 2.26 bits per heavy atom. The van der Waals surface area contributed by atoms with E-state index in [0.717, 1.165) is 23.0 Å². The van der Waals surface area contributed by atoms with Crippen LogP contribution < -0.4 is 10.5 Å². The fraction of sp³-hybridized carbons (Fsp3) is 0.429. The van der Waals surface area contributed by atoms with Crippen molar-refractivity contribution in [3.63, 3.8) is 0 Å². The van der Waals surface area contributed by atoms with E-state index in [2.05, 4.69) is 24.8 Å². The lowest BCUT2D eigenvalue weighted by atomic mass is 10.2. The van der Waals surface area contributed by atoms with Crippen LogP contribution in [0.5, 0.6) is 0 Å². The van der Waals surface area contributed by atoms with E-state index in [-0.39, 0.29) is 18.0 Å². The Kier molecular flexibility index (Phi) is 5.53. The zero-order chi connectivity index (χ0) is 22.1. The van der Waals surface area contributed by atoms with Gasteiger partial charge in [0.2, 0.25) is 5.91 Å². The number of piperazine rings is 1. The molecule has 0 N–H and O–H groups in total. The van der Waals surface area contributed by atoms with Gasteiger partial charge in [-0.3, -0.25) is 18.7 Å². The van der Waals surface area contributed by atoms with Crippen LogP contribution in [-0.2, 0) is 11.3 Å². The minimum Gasteiger partial charge on any atom is -0.353 e. The smallest absolute Gasteiger partial charge is 0.256 e. The molecule has 0 aromatic carbocycles. The third-order valence-corrected chi connectivity index (χ3v) is 5.91. The van der Waals surface area contributed by atoms with Crippen LogP contribution in [0.25, 0.3) is 5.82 Å². The van der Waals surface area contributed by atoms with Crippen LogP contribution in [0.2, 0.25) is 0 Å². The van der Waals surface area contributed by atoms with Gasteiger partial charge in [0.15, 0.2) is 0 Å². The number of carbonyl (C=O) groups excluding carboxylic acids is 1. The topological polar surface area (TPSA) is 102 Å². The molecular formula is C21H26N8O2. The van der Waals surface area contributed by atoms with Crippen molar-refractivity contribution in [3.05, 3.63) is 58.0 Å². The van der Waals surface area contributed by atoms with Crippen molar-refractivity contribution < 1.29 is 4.79 Å². The quantitative estimate of drug-likeness (QED) is 0.613. The molecule has 10 nitrogen and oxygen atoms in total. The number of amides is 1. The van der Waals surface area contributed by atoms with Gasteiger partial charge in [-0.2, -0.15) is 0 Å². The molecule has 1 amide bonds. The Balaban J connectivity index is 1.42.